The quantitative estimate of drug-likeness (QED) is 0.435. The van der Waals surface area contributed by atoms with E-state index in [4.69, 9.17) is 9.47 Å². The lowest BCUT2D eigenvalue weighted by Gasteiger charge is -2.32. The van der Waals surface area contributed by atoms with Gasteiger partial charge >= 0.3 is 18.2 Å². The van der Waals surface area contributed by atoms with Gasteiger partial charge in [-0.05, 0) is 42.0 Å². The van der Waals surface area contributed by atoms with Gasteiger partial charge in [0.15, 0.2) is 0 Å². The molecule has 1 N–H and O–H groups in total. The number of alkyl halides is 3. The van der Waals surface area contributed by atoms with Gasteiger partial charge in [-0.3, -0.25) is 9.36 Å². The number of benzene rings is 1. The van der Waals surface area contributed by atoms with E-state index in [9.17, 15) is 28.1 Å². The molecule has 1 atom stereocenters. The number of amides is 1. The second-order valence-electron chi connectivity index (χ2n) is 8.29. The summed E-state index contributed by atoms with van der Waals surface area (Å²) in [5.74, 6) is -0.272. The number of carbonyl (C=O) groups excluding carboxylic acids is 1. The second-order valence-corrected chi connectivity index (χ2v) is 8.29. The fourth-order valence-corrected chi connectivity index (χ4v) is 3.99. The van der Waals surface area contributed by atoms with Gasteiger partial charge in [0.05, 0.1) is 12.6 Å². The van der Waals surface area contributed by atoms with Crippen LogP contribution < -0.4 is 19.5 Å². The SMILES string of the molecule is O=C(CCN1CCC(Oc2ccc(OC(F)(F)F)cc2)CC1)NC1COc2nc([N+](=O)[O-])cn2C1. The maximum atomic E-state index is 12.4. The number of hydrogen-bond donors (Lipinski definition) is 1. The molecule has 0 aliphatic carbocycles. The highest BCUT2D eigenvalue weighted by Gasteiger charge is 2.31. The maximum absolute atomic E-state index is 12.4. The molecule has 2 aliphatic rings. The van der Waals surface area contributed by atoms with Gasteiger partial charge in [0, 0.05) is 31.0 Å². The zero-order chi connectivity index (χ0) is 25.0. The van der Waals surface area contributed by atoms with Crippen molar-refractivity contribution in [2.24, 2.45) is 0 Å². The van der Waals surface area contributed by atoms with Crippen LogP contribution in [0.1, 0.15) is 19.3 Å². The first-order chi connectivity index (χ1) is 16.6. The minimum Gasteiger partial charge on any atom is -0.490 e. The molecule has 2 aliphatic heterocycles. The predicted molar refractivity (Wildman–Crippen MR) is 114 cm³/mol. The normalized spacial score (nSPS) is 18.9. The van der Waals surface area contributed by atoms with Crippen molar-refractivity contribution in [3.05, 3.63) is 40.6 Å². The minimum absolute atomic E-state index is 0.0673. The van der Waals surface area contributed by atoms with E-state index in [0.717, 1.165) is 25.9 Å². The number of carbonyl (C=O) groups is 1. The molecule has 3 heterocycles. The molecule has 11 nitrogen and oxygen atoms in total. The van der Waals surface area contributed by atoms with Crippen LogP contribution in [0.15, 0.2) is 30.5 Å². The van der Waals surface area contributed by atoms with Gasteiger partial charge in [-0.15, -0.1) is 13.2 Å². The van der Waals surface area contributed by atoms with Crippen molar-refractivity contribution in [2.75, 3.05) is 26.2 Å². The number of fused-ring (bicyclic) bond motifs is 1. The number of nitrogens with zero attached hydrogens (tertiary/aromatic N) is 4. The highest BCUT2D eigenvalue weighted by molar-refractivity contribution is 5.76. The van der Waals surface area contributed by atoms with Gasteiger partial charge in [0.25, 0.3) is 0 Å². The predicted octanol–water partition coefficient (Wildman–Crippen LogP) is 2.50. The number of halogens is 3. The molecule has 190 valence electrons. The van der Waals surface area contributed by atoms with Crippen LogP contribution in [-0.4, -0.2) is 70.0 Å². The van der Waals surface area contributed by atoms with E-state index >= 15 is 0 Å². The Kier molecular flexibility index (Phi) is 7.28. The summed E-state index contributed by atoms with van der Waals surface area (Å²) in [6.07, 6.45) is -1.78. The first-order valence-electron chi connectivity index (χ1n) is 11.0. The highest BCUT2D eigenvalue weighted by Crippen LogP contribution is 2.26. The largest absolute Gasteiger partial charge is 0.573 e. The van der Waals surface area contributed by atoms with Gasteiger partial charge in [-0.25, -0.2) is 0 Å². The average molecular weight is 499 g/mol. The standard InChI is InChI=1S/C21H24F3N5O6/c22-21(23,24)35-17-3-1-15(2-4-17)34-16-5-8-27(9-6-16)10-7-19(30)25-14-11-28-12-18(29(31)32)26-20(28)33-13-14/h1-4,12,14,16H,5-11,13H2,(H,25,30). The summed E-state index contributed by atoms with van der Waals surface area (Å²) in [4.78, 5) is 28.5. The van der Waals surface area contributed by atoms with Crippen LogP contribution in [-0.2, 0) is 11.3 Å². The molecule has 1 fully saturated rings. The minimum atomic E-state index is -4.73. The van der Waals surface area contributed by atoms with Crippen molar-refractivity contribution in [3.8, 4) is 17.5 Å². The molecule has 14 heteroatoms. The number of aromatic nitrogens is 2. The Morgan fingerprint density at radius 3 is 2.57 bits per heavy atom. The number of piperidine rings is 1. The van der Waals surface area contributed by atoms with Crippen LogP contribution in [0.2, 0.25) is 0 Å². The van der Waals surface area contributed by atoms with Crippen molar-refractivity contribution in [3.63, 3.8) is 0 Å². The molecule has 1 saturated heterocycles. The molecular formula is C21H24F3N5O6. The van der Waals surface area contributed by atoms with Crippen LogP contribution in [0, 0.1) is 10.1 Å². The van der Waals surface area contributed by atoms with E-state index < -0.39 is 11.3 Å². The zero-order valence-electron chi connectivity index (χ0n) is 18.6. The molecule has 0 bridgehead atoms. The lowest BCUT2D eigenvalue weighted by atomic mass is 10.1. The third-order valence-electron chi connectivity index (χ3n) is 5.66. The van der Waals surface area contributed by atoms with Crippen LogP contribution in [0.5, 0.6) is 17.5 Å². The Bertz CT molecular complexity index is 1040. The van der Waals surface area contributed by atoms with Gasteiger partial charge in [-0.1, -0.05) is 0 Å². The smallest absolute Gasteiger partial charge is 0.490 e. The van der Waals surface area contributed by atoms with Crippen molar-refractivity contribution in [2.45, 2.75) is 44.3 Å². The van der Waals surface area contributed by atoms with Gasteiger partial charge in [0.2, 0.25) is 5.91 Å². The first-order valence-corrected chi connectivity index (χ1v) is 11.0. The Morgan fingerprint density at radius 2 is 1.91 bits per heavy atom. The molecule has 0 radical (unpaired) electrons. The maximum Gasteiger partial charge on any atom is 0.573 e. The van der Waals surface area contributed by atoms with Crippen molar-refractivity contribution in [1.82, 2.24) is 19.8 Å². The van der Waals surface area contributed by atoms with E-state index in [0.29, 0.717) is 25.3 Å². The third kappa shape index (κ3) is 6.97. The molecule has 1 unspecified atom stereocenters. The number of nitro groups is 1. The summed E-state index contributed by atoms with van der Waals surface area (Å²) in [5, 5.41) is 13.7. The van der Waals surface area contributed by atoms with Crippen molar-refractivity contribution >= 4 is 11.7 Å². The van der Waals surface area contributed by atoms with Gasteiger partial charge in [-0.2, -0.15) is 0 Å². The fourth-order valence-electron chi connectivity index (χ4n) is 3.99. The molecule has 1 aromatic carbocycles. The Labute approximate surface area is 197 Å². The summed E-state index contributed by atoms with van der Waals surface area (Å²) in [7, 11) is 0. The third-order valence-corrected chi connectivity index (χ3v) is 5.66. The lowest BCUT2D eigenvalue weighted by Crippen LogP contribution is -2.46. The van der Waals surface area contributed by atoms with Crippen molar-refractivity contribution in [1.29, 1.82) is 0 Å². The van der Waals surface area contributed by atoms with Crippen LogP contribution in [0.25, 0.3) is 0 Å². The molecule has 2 aromatic rings. The summed E-state index contributed by atoms with van der Waals surface area (Å²) in [6, 6.07) is 5.16. The highest BCUT2D eigenvalue weighted by atomic mass is 19.4. The Morgan fingerprint density at radius 1 is 1.23 bits per heavy atom. The van der Waals surface area contributed by atoms with E-state index in [-0.39, 0.29) is 42.2 Å². The molecular weight excluding hydrogens is 475 g/mol. The fraction of sp³-hybridized carbons (Fsp3) is 0.524. The van der Waals surface area contributed by atoms with Crippen LogP contribution >= 0.6 is 0 Å². The molecule has 35 heavy (non-hydrogen) atoms. The molecule has 0 spiro atoms. The molecule has 4 rings (SSSR count). The van der Waals surface area contributed by atoms with Crippen LogP contribution in [0.4, 0.5) is 19.0 Å². The molecule has 1 aromatic heterocycles. The number of nitrogens with one attached hydrogen (secondary N) is 1. The summed E-state index contributed by atoms with van der Waals surface area (Å²) in [6.45, 7) is 2.54. The summed E-state index contributed by atoms with van der Waals surface area (Å²) in [5.41, 5.74) is 0. The van der Waals surface area contributed by atoms with E-state index in [1.54, 1.807) is 0 Å². The molecule has 0 saturated carbocycles. The van der Waals surface area contributed by atoms with Gasteiger partial charge < -0.3 is 34.5 Å². The topological polar surface area (TPSA) is 121 Å². The number of likely N-dealkylation sites (tertiary alicyclic amines) is 1. The average Bonchev–Trinajstić information content (AvgIpc) is 3.23. The second kappa shape index (κ2) is 10.4. The number of ether oxygens (including phenoxy) is 3. The van der Waals surface area contributed by atoms with E-state index in [1.165, 1.54) is 35.0 Å². The Balaban J connectivity index is 1.14. The number of imidazole rings is 1. The Hall–Kier alpha value is -3.55. The number of rotatable bonds is 8. The lowest BCUT2D eigenvalue weighted by molar-refractivity contribution is -0.389. The first kappa shape index (κ1) is 24.6. The van der Waals surface area contributed by atoms with Gasteiger partial charge in [0.1, 0.15) is 30.4 Å². The van der Waals surface area contributed by atoms with E-state index in [1.807, 2.05) is 0 Å². The summed E-state index contributed by atoms with van der Waals surface area (Å²) < 4.78 is 53.4. The summed E-state index contributed by atoms with van der Waals surface area (Å²) >= 11 is 0. The molecule has 1 amide bonds. The monoisotopic (exact) mass is 499 g/mol. The van der Waals surface area contributed by atoms with E-state index in [2.05, 4.69) is 19.9 Å². The van der Waals surface area contributed by atoms with Crippen LogP contribution in [0.3, 0.4) is 0 Å². The zero-order valence-corrected chi connectivity index (χ0v) is 18.6. The number of hydrogen-bond acceptors (Lipinski definition) is 8. The van der Waals surface area contributed by atoms with Crippen molar-refractivity contribution < 1.29 is 37.1 Å².